The fourth-order valence-electron chi connectivity index (χ4n) is 1.31. The zero-order chi connectivity index (χ0) is 13.7. The first-order valence-corrected chi connectivity index (χ1v) is 5.12. The Morgan fingerprint density at radius 3 is 2.72 bits per heavy atom. The van der Waals surface area contributed by atoms with Crippen molar-refractivity contribution >= 4 is 11.7 Å². The van der Waals surface area contributed by atoms with Crippen molar-refractivity contribution in [1.29, 1.82) is 0 Å². The number of aliphatic hydroxyl groups is 1. The molecule has 0 heterocycles. The summed E-state index contributed by atoms with van der Waals surface area (Å²) in [5, 5.41) is 19.8. The number of aliphatic hydroxyl groups excluding tert-OH is 1. The highest BCUT2D eigenvalue weighted by atomic mass is 16.6. The van der Waals surface area contributed by atoms with Crippen LogP contribution in [0.25, 0.3) is 0 Å². The number of nitro benzene ring substituents is 1. The largest absolute Gasteiger partial charge is 0.472 e. The second kappa shape index (κ2) is 5.97. The molecule has 1 atom stereocenters. The summed E-state index contributed by atoms with van der Waals surface area (Å²) in [6.45, 7) is 1.14. The summed E-state index contributed by atoms with van der Waals surface area (Å²) >= 11 is 0. The van der Waals surface area contributed by atoms with Crippen molar-refractivity contribution < 1.29 is 24.3 Å². The molecule has 0 fully saturated rings. The lowest BCUT2D eigenvalue weighted by molar-refractivity contribution is -0.386. The SMILES string of the molecule is COC(=O)C(C)Oc1cc(CO)ccc1[N+](=O)[O-]. The lowest BCUT2D eigenvalue weighted by atomic mass is 10.2. The molecule has 18 heavy (non-hydrogen) atoms. The van der Waals surface area contributed by atoms with Crippen LogP contribution >= 0.6 is 0 Å². The van der Waals surface area contributed by atoms with Crippen LogP contribution in [0.1, 0.15) is 12.5 Å². The minimum absolute atomic E-state index is 0.0792. The Kier molecular flexibility index (Phi) is 4.61. The van der Waals surface area contributed by atoms with Gasteiger partial charge in [-0.05, 0) is 24.6 Å². The number of nitrogens with zero attached hydrogens (tertiary/aromatic N) is 1. The van der Waals surface area contributed by atoms with Crippen LogP contribution in [0.3, 0.4) is 0 Å². The minimum atomic E-state index is -0.970. The number of rotatable bonds is 5. The van der Waals surface area contributed by atoms with Gasteiger partial charge in [0.2, 0.25) is 0 Å². The molecule has 0 aliphatic carbocycles. The minimum Gasteiger partial charge on any atom is -0.472 e. The topological polar surface area (TPSA) is 98.9 Å². The molecule has 0 saturated carbocycles. The van der Waals surface area contributed by atoms with E-state index in [0.29, 0.717) is 5.56 Å². The van der Waals surface area contributed by atoms with Crippen LogP contribution in [0.2, 0.25) is 0 Å². The van der Waals surface area contributed by atoms with E-state index in [9.17, 15) is 14.9 Å². The van der Waals surface area contributed by atoms with Gasteiger partial charge in [-0.3, -0.25) is 10.1 Å². The highest BCUT2D eigenvalue weighted by molar-refractivity contribution is 5.74. The van der Waals surface area contributed by atoms with Gasteiger partial charge in [0.1, 0.15) is 0 Å². The molecule has 0 radical (unpaired) electrons. The molecule has 0 amide bonds. The predicted molar refractivity (Wildman–Crippen MR) is 61.1 cm³/mol. The van der Waals surface area contributed by atoms with Gasteiger partial charge < -0.3 is 14.6 Å². The van der Waals surface area contributed by atoms with E-state index in [2.05, 4.69) is 4.74 Å². The smallest absolute Gasteiger partial charge is 0.346 e. The van der Waals surface area contributed by atoms with Gasteiger partial charge in [0.25, 0.3) is 0 Å². The normalized spacial score (nSPS) is 11.7. The van der Waals surface area contributed by atoms with Gasteiger partial charge in [0.05, 0.1) is 18.6 Å². The standard InChI is InChI=1S/C11H13NO6/c1-7(11(14)17-2)18-10-5-8(6-13)3-4-9(10)12(15)16/h3-5,7,13H,6H2,1-2H3. The van der Waals surface area contributed by atoms with Crippen LogP contribution in [0.5, 0.6) is 5.75 Å². The van der Waals surface area contributed by atoms with Crippen molar-refractivity contribution in [2.75, 3.05) is 7.11 Å². The number of ether oxygens (including phenoxy) is 2. The quantitative estimate of drug-likeness (QED) is 0.479. The molecule has 1 unspecified atom stereocenters. The average Bonchev–Trinajstić information content (AvgIpc) is 2.37. The third-order valence-electron chi connectivity index (χ3n) is 2.24. The summed E-state index contributed by atoms with van der Waals surface area (Å²) in [5.74, 6) is -0.719. The maximum atomic E-state index is 11.2. The molecule has 0 saturated heterocycles. The Hall–Kier alpha value is -2.15. The summed E-state index contributed by atoms with van der Waals surface area (Å²) in [6.07, 6.45) is -0.970. The third kappa shape index (κ3) is 3.17. The number of carbonyl (C=O) groups is 1. The zero-order valence-electron chi connectivity index (χ0n) is 9.95. The average molecular weight is 255 g/mol. The lowest BCUT2D eigenvalue weighted by Crippen LogP contribution is -2.25. The number of methoxy groups -OCH3 is 1. The van der Waals surface area contributed by atoms with Gasteiger partial charge in [0, 0.05) is 6.07 Å². The van der Waals surface area contributed by atoms with Gasteiger partial charge >= 0.3 is 11.7 Å². The Labute approximate surface area is 103 Å². The molecule has 0 spiro atoms. The molecule has 98 valence electrons. The molecule has 1 N–H and O–H groups in total. The van der Waals surface area contributed by atoms with E-state index in [1.165, 1.54) is 32.2 Å². The highest BCUT2D eigenvalue weighted by Crippen LogP contribution is 2.29. The van der Waals surface area contributed by atoms with Crippen molar-refractivity contribution in [3.05, 3.63) is 33.9 Å². The van der Waals surface area contributed by atoms with Crippen molar-refractivity contribution in [3.63, 3.8) is 0 Å². The fourth-order valence-corrected chi connectivity index (χ4v) is 1.31. The maximum Gasteiger partial charge on any atom is 0.346 e. The Morgan fingerprint density at radius 2 is 2.22 bits per heavy atom. The van der Waals surface area contributed by atoms with E-state index in [4.69, 9.17) is 9.84 Å². The first-order chi connectivity index (χ1) is 8.49. The Balaban J connectivity index is 3.04. The van der Waals surface area contributed by atoms with E-state index >= 15 is 0 Å². The van der Waals surface area contributed by atoms with Crippen LogP contribution in [0.4, 0.5) is 5.69 Å². The summed E-state index contributed by atoms with van der Waals surface area (Å²) < 4.78 is 9.63. The van der Waals surface area contributed by atoms with E-state index in [0.717, 1.165) is 0 Å². The van der Waals surface area contributed by atoms with Gasteiger partial charge in [-0.15, -0.1) is 0 Å². The summed E-state index contributed by atoms with van der Waals surface area (Å²) in [6, 6.07) is 3.94. The number of carbonyl (C=O) groups excluding carboxylic acids is 1. The van der Waals surface area contributed by atoms with Gasteiger partial charge in [0.15, 0.2) is 11.9 Å². The highest BCUT2D eigenvalue weighted by Gasteiger charge is 2.21. The van der Waals surface area contributed by atoms with Crippen LogP contribution in [0, 0.1) is 10.1 Å². The van der Waals surface area contributed by atoms with E-state index in [1.807, 2.05) is 0 Å². The van der Waals surface area contributed by atoms with Crippen LogP contribution in [-0.4, -0.2) is 29.2 Å². The number of hydrogen-bond donors (Lipinski definition) is 1. The van der Waals surface area contributed by atoms with E-state index < -0.39 is 17.0 Å². The lowest BCUT2D eigenvalue weighted by Gasteiger charge is -2.13. The van der Waals surface area contributed by atoms with Crippen molar-refractivity contribution in [2.24, 2.45) is 0 Å². The number of benzene rings is 1. The summed E-state index contributed by atoms with van der Waals surface area (Å²) in [7, 11) is 1.20. The molecule has 0 aliphatic rings. The second-order valence-corrected chi connectivity index (χ2v) is 3.50. The van der Waals surface area contributed by atoms with Crippen LogP contribution in [0.15, 0.2) is 18.2 Å². The van der Waals surface area contributed by atoms with Gasteiger partial charge in [-0.1, -0.05) is 0 Å². The fraction of sp³-hybridized carbons (Fsp3) is 0.364. The second-order valence-electron chi connectivity index (χ2n) is 3.50. The third-order valence-corrected chi connectivity index (χ3v) is 2.24. The molecular weight excluding hydrogens is 242 g/mol. The Morgan fingerprint density at radius 1 is 1.56 bits per heavy atom. The summed E-state index contributed by atoms with van der Waals surface area (Å²) in [4.78, 5) is 21.3. The monoisotopic (exact) mass is 255 g/mol. The molecular formula is C11H13NO6. The molecule has 1 rings (SSSR count). The predicted octanol–water partition coefficient (Wildman–Crippen LogP) is 1.03. The van der Waals surface area contributed by atoms with E-state index in [1.54, 1.807) is 0 Å². The first kappa shape index (κ1) is 13.9. The first-order valence-electron chi connectivity index (χ1n) is 5.12. The number of hydrogen-bond acceptors (Lipinski definition) is 6. The molecule has 7 nitrogen and oxygen atoms in total. The Bertz CT molecular complexity index is 459. The zero-order valence-corrected chi connectivity index (χ0v) is 9.95. The van der Waals surface area contributed by atoms with Crippen molar-refractivity contribution in [1.82, 2.24) is 0 Å². The van der Waals surface area contributed by atoms with Crippen LogP contribution in [-0.2, 0) is 16.1 Å². The van der Waals surface area contributed by atoms with Gasteiger partial charge in [-0.25, -0.2) is 4.79 Å². The van der Waals surface area contributed by atoms with Gasteiger partial charge in [-0.2, -0.15) is 0 Å². The molecule has 0 aliphatic heterocycles. The molecule has 0 bridgehead atoms. The number of nitro groups is 1. The molecule has 1 aromatic carbocycles. The number of esters is 1. The molecule has 0 aromatic heterocycles. The van der Waals surface area contributed by atoms with E-state index in [-0.39, 0.29) is 18.0 Å². The van der Waals surface area contributed by atoms with Crippen LogP contribution < -0.4 is 4.74 Å². The molecule has 7 heteroatoms. The van der Waals surface area contributed by atoms with Crippen molar-refractivity contribution in [2.45, 2.75) is 19.6 Å². The summed E-state index contributed by atoms with van der Waals surface area (Å²) in [5.41, 5.74) is 0.176. The van der Waals surface area contributed by atoms with Crippen molar-refractivity contribution in [3.8, 4) is 5.75 Å². The maximum absolute atomic E-state index is 11.2. The molecule has 1 aromatic rings.